The fourth-order valence-electron chi connectivity index (χ4n) is 2.75. The lowest BCUT2D eigenvalue weighted by molar-refractivity contribution is 0.632. The number of benzene rings is 3. The monoisotopic (exact) mass is 316 g/mol. The van der Waals surface area contributed by atoms with Crippen molar-refractivity contribution in [3.8, 4) is 22.3 Å². The van der Waals surface area contributed by atoms with Crippen LogP contribution in [-0.2, 0) is 6.42 Å². The molecule has 0 amide bonds. The van der Waals surface area contributed by atoms with Crippen molar-refractivity contribution in [2.75, 3.05) is 0 Å². The molecule has 3 rings (SSSR count). The molecule has 1 heteroatoms. The molecule has 3 aromatic rings. The number of hydrogen-bond donors (Lipinski definition) is 0. The third kappa shape index (κ3) is 3.62. The molecule has 0 aromatic heterocycles. The molecule has 0 bridgehead atoms. The molecular weight excluding hydrogens is 295 g/mol. The Kier molecular flexibility index (Phi) is 4.90. The van der Waals surface area contributed by atoms with Gasteiger partial charge in [-0.05, 0) is 48.6 Å². The molecule has 0 nitrogen and oxygen atoms in total. The molecule has 0 N–H and O–H groups in total. The molecule has 0 unspecified atom stereocenters. The molecule has 0 atom stereocenters. The highest BCUT2D eigenvalue weighted by atomic mass is 19.1. The Morgan fingerprint density at radius 1 is 0.792 bits per heavy atom. The zero-order valence-electron chi connectivity index (χ0n) is 14.1. The van der Waals surface area contributed by atoms with Crippen LogP contribution in [0.15, 0.2) is 78.9 Å². The van der Waals surface area contributed by atoms with E-state index in [0.717, 1.165) is 23.1 Å². The quantitative estimate of drug-likeness (QED) is 0.476. The molecule has 0 saturated heterocycles. The smallest absolute Gasteiger partial charge is 0.131 e. The molecule has 24 heavy (non-hydrogen) atoms. The Bertz CT molecular complexity index is 840. The third-order valence-corrected chi connectivity index (χ3v) is 4.21. The van der Waals surface area contributed by atoms with E-state index >= 15 is 0 Å². The summed E-state index contributed by atoms with van der Waals surface area (Å²) in [6.07, 6.45) is 5.06. The van der Waals surface area contributed by atoms with Gasteiger partial charge in [0.1, 0.15) is 5.82 Å². The van der Waals surface area contributed by atoms with E-state index in [1.54, 1.807) is 6.07 Å². The van der Waals surface area contributed by atoms with Crippen LogP contribution in [0.1, 0.15) is 18.1 Å². The van der Waals surface area contributed by atoms with E-state index < -0.39 is 0 Å². The molecule has 0 fully saturated rings. The van der Waals surface area contributed by atoms with Gasteiger partial charge in [-0.2, -0.15) is 0 Å². The van der Waals surface area contributed by atoms with Crippen molar-refractivity contribution in [2.45, 2.75) is 20.3 Å². The predicted octanol–water partition coefficient (Wildman–Crippen LogP) is 6.59. The average molecular weight is 316 g/mol. The highest BCUT2D eigenvalue weighted by Gasteiger charge is 2.07. The number of hydrogen-bond acceptors (Lipinski definition) is 0. The first kappa shape index (κ1) is 16.2. The van der Waals surface area contributed by atoms with Crippen LogP contribution < -0.4 is 0 Å². The summed E-state index contributed by atoms with van der Waals surface area (Å²) in [5.74, 6) is -0.186. The standard InChI is InChI=1S/C23H21F/c1-3-4-5-18-8-12-20(13-9-18)22-15-14-21(16-23(22)24)19-10-6-17(2)7-11-19/h3-4,6-16H,5H2,1-2H3. The van der Waals surface area contributed by atoms with Gasteiger partial charge in [-0.15, -0.1) is 0 Å². The van der Waals surface area contributed by atoms with Gasteiger partial charge in [-0.1, -0.05) is 78.4 Å². The van der Waals surface area contributed by atoms with Crippen LogP contribution in [-0.4, -0.2) is 0 Å². The summed E-state index contributed by atoms with van der Waals surface area (Å²) >= 11 is 0. The molecule has 120 valence electrons. The molecule has 0 radical (unpaired) electrons. The summed E-state index contributed by atoms with van der Waals surface area (Å²) in [5, 5.41) is 0. The first-order valence-corrected chi connectivity index (χ1v) is 8.24. The van der Waals surface area contributed by atoms with Gasteiger partial charge in [-0.3, -0.25) is 0 Å². The van der Waals surface area contributed by atoms with Crippen molar-refractivity contribution in [2.24, 2.45) is 0 Å². The lowest BCUT2D eigenvalue weighted by Gasteiger charge is -2.08. The molecule has 0 heterocycles. The summed E-state index contributed by atoms with van der Waals surface area (Å²) < 4.78 is 14.6. The topological polar surface area (TPSA) is 0 Å². The van der Waals surface area contributed by atoms with Gasteiger partial charge in [0.15, 0.2) is 0 Å². The molecule has 3 aromatic carbocycles. The van der Waals surface area contributed by atoms with E-state index in [4.69, 9.17) is 0 Å². The molecular formula is C23H21F. The maximum absolute atomic E-state index is 14.6. The highest BCUT2D eigenvalue weighted by molar-refractivity contribution is 5.71. The van der Waals surface area contributed by atoms with Gasteiger partial charge in [-0.25, -0.2) is 4.39 Å². The van der Waals surface area contributed by atoms with E-state index in [1.165, 1.54) is 11.1 Å². The number of rotatable bonds is 4. The minimum absolute atomic E-state index is 0.186. The van der Waals surface area contributed by atoms with Gasteiger partial charge < -0.3 is 0 Å². The van der Waals surface area contributed by atoms with Crippen LogP contribution in [0, 0.1) is 12.7 Å². The maximum Gasteiger partial charge on any atom is 0.131 e. The maximum atomic E-state index is 14.6. The third-order valence-electron chi connectivity index (χ3n) is 4.21. The summed E-state index contributed by atoms with van der Waals surface area (Å²) in [6, 6.07) is 21.7. The van der Waals surface area contributed by atoms with Gasteiger partial charge >= 0.3 is 0 Å². The van der Waals surface area contributed by atoms with Crippen LogP contribution in [0.2, 0.25) is 0 Å². The van der Waals surface area contributed by atoms with E-state index in [1.807, 2.05) is 68.5 Å². The Morgan fingerprint density at radius 2 is 1.42 bits per heavy atom. The van der Waals surface area contributed by atoms with E-state index in [-0.39, 0.29) is 5.82 Å². The molecule has 0 saturated carbocycles. The Hall–Kier alpha value is -2.67. The first-order chi connectivity index (χ1) is 11.7. The second-order valence-corrected chi connectivity index (χ2v) is 6.03. The summed E-state index contributed by atoms with van der Waals surface area (Å²) in [4.78, 5) is 0. The summed E-state index contributed by atoms with van der Waals surface area (Å²) in [6.45, 7) is 4.06. The van der Waals surface area contributed by atoms with Crippen molar-refractivity contribution in [1.82, 2.24) is 0 Å². The lowest BCUT2D eigenvalue weighted by atomic mass is 9.98. The van der Waals surface area contributed by atoms with Crippen LogP contribution in [0.3, 0.4) is 0 Å². The Balaban J connectivity index is 1.88. The lowest BCUT2D eigenvalue weighted by Crippen LogP contribution is -1.88. The van der Waals surface area contributed by atoms with Gasteiger partial charge in [0.25, 0.3) is 0 Å². The van der Waals surface area contributed by atoms with Gasteiger partial charge in [0.2, 0.25) is 0 Å². The predicted molar refractivity (Wildman–Crippen MR) is 101 cm³/mol. The zero-order valence-corrected chi connectivity index (χ0v) is 14.1. The molecule has 0 aliphatic rings. The van der Waals surface area contributed by atoms with Gasteiger partial charge in [0, 0.05) is 5.56 Å². The first-order valence-electron chi connectivity index (χ1n) is 8.24. The zero-order chi connectivity index (χ0) is 16.9. The van der Waals surface area contributed by atoms with Crippen LogP contribution in [0.5, 0.6) is 0 Å². The Morgan fingerprint density at radius 3 is 2.04 bits per heavy atom. The molecule has 0 spiro atoms. The minimum Gasteiger partial charge on any atom is -0.206 e. The second-order valence-electron chi connectivity index (χ2n) is 6.03. The fraction of sp³-hybridized carbons (Fsp3) is 0.130. The normalized spacial score (nSPS) is 11.1. The molecule has 0 aliphatic heterocycles. The van der Waals surface area contributed by atoms with Crippen LogP contribution in [0.4, 0.5) is 4.39 Å². The number of allylic oxidation sites excluding steroid dienone is 2. The Labute approximate surface area is 143 Å². The SMILES string of the molecule is CC=CCc1ccc(-c2ccc(-c3ccc(C)cc3)cc2F)cc1. The van der Waals surface area contributed by atoms with Crippen molar-refractivity contribution < 1.29 is 4.39 Å². The highest BCUT2D eigenvalue weighted by Crippen LogP contribution is 2.28. The summed E-state index contributed by atoms with van der Waals surface area (Å²) in [7, 11) is 0. The van der Waals surface area contributed by atoms with Crippen LogP contribution in [0.25, 0.3) is 22.3 Å². The van der Waals surface area contributed by atoms with E-state index in [9.17, 15) is 4.39 Å². The van der Waals surface area contributed by atoms with Crippen molar-refractivity contribution >= 4 is 0 Å². The largest absolute Gasteiger partial charge is 0.206 e. The van der Waals surface area contributed by atoms with Crippen molar-refractivity contribution in [3.63, 3.8) is 0 Å². The minimum atomic E-state index is -0.186. The van der Waals surface area contributed by atoms with E-state index in [2.05, 4.69) is 18.2 Å². The van der Waals surface area contributed by atoms with Gasteiger partial charge in [0.05, 0.1) is 0 Å². The van der Waals surface area contributed by atoms with Crippen LogP contribution >= 0.6 is 0 Å². The molecule has 0 aliphatic carbocycles. The van der Waals surface area contributed by atoms with Crippen molar-refractivity contribution in [3.05, 3.63) is 95.8 Å². The number of aryl methyl sites for hydroxylation is 1. The number of halogens is 1. The average Bonchev–Trinajstić information content (AvgIpc) is 2.61. The van der Waals surface area contributed by atoms with Crippen molar-refractivity contribution in [1.29, 1.82) is 0 Å². The second kappa shape index (κ2) is 7.27. The van der Waals surface area contributed by atoms with E-state index in [0.29, 0.717) is 5.56 Å². The summed E-state index contributed by atoms with van der Waals surface area (Å²) in [5.41, 5.74) is 5.92. The fourth-order valence-corrected chi connectivity index (χ4v) is 2.75.